The molecule has 0 spiro atoms. The summed E-state index contributed by atoms with van der Waals surface area (Å²) in [6.07, 6.45) is 0.674. The van der Waals surface area contributed by atoms with E-state index < -0.39 is 10.0 Å². The first-order valence-electron chi connectivity index (χ1n) is 8.55. The van der Waals surface area contributed by atoms with Gasteiger partial charge in [0.15, 0.2) is 0 Å². The average molecular weight is 351 g/mol. The highest BCUT2D eigenvalue weighted by Crippen LogP contribution is 2.21. The molecule has 1 N–H and O–H groups in total. The lowest BCUT2D eigenvalue weighted by Crippen LogP contribution is -2.51. The smallest absolute Gasteiger partial charge is 0.243 e. The normalized spacial score (nSPS) is 21.8. The van der Waals surface area contributed by atoms with E-state index in [1.165, 1.54) is 4.31 Å². The Morgan fingerprint density at radius 3 is 2.46 bits per heavy atom. The maximum absolute atomic E-state index is 12.7. The van der Waals surface area contributed by atoms with Gasteiger partial charge >= 0.3 is 0 Å². The zero-order valence-electron chi connectivity index (χ0n) is 14.0. The van der Waals surface area contributed by atoms with E-state index in [1.54, 1.807) is 30.3 Å². The highest BCUT2D eigenvalue weighted by Gasteiger charge is 2.33. The summed E-state index contributed by atoms with van der Waals surface area (Å²) in [5.74, 6) is 0.564. The van der Waals surface area contributed by atoms with E-state index in [9.17, 15) is 13.2 Å². The van der Waals surface area contributed by atoms with Crippen LogP contribution in [0.3, 0.4) is 0 Å². The third-order valence-corrected chi connectivity index (χ3v) is 6.97. The molecule has 2 aliphatic rings. The third kappa shape index (κ3) is 3.48. The molecular formula is C17H25N3O3S. The molecule has 1 atom stereocenters. The predicted molar refractivity (Wildman–Crippen MR) is 91.9 cm³/mol. The molecule has 1 aromatic rings. The maximum atomic E-state index is 12.7. The fourth-order valence-electron chi connectivity index (χ4n) is 3.25. The first-order valence-corrected chi connectivity index (χ1v) is 9.99. The minimum Gasteiger partial charge on any atom is -0.341 e. The van der Waals surface area contributed by atoms with Crippen LogP contribution in [0.1, 0.15) is 13.3 Å². The van der Waals surface area contributed by atoms with Crippen molar-refractivity contribution in [1.82, 2.24) is 14.5 Å². The molecule has 1 amide bonds. The number of hydrogen-bond acceptors (Lipinski definition) is 4. The van der Waals surface area contributed by atoms with Crippen molar-refractivity contribution in [3.8, 4) is 0 Å². The molecule has 2 aliphatic heterocycles. The number of hydrogen-bond donors (Lipinski definition) is 1. The molecule has 6 nitrogen and oxygen atoms in total. The zero-order valence-corrected chi connectivity index (χ0v) is 14.8. The summed E-state index contributed by atoms with van der Waals surface area (Å²) in [5.41, 5.74) is 0. The first kappa shape index (κ1) is 17.4. The van der Waals surface area contributed by atoms with Gasteiger partial charge in [-0.05, 0) is 37.6 Å². The number of benzene rings is 1. The highest BCUT2D eigenvalue weighted by molar-refractivity contribution is 7.89. The Kier molecular flexibility index (Phi) is 5.22. The van der Waals surface area contributed by atoms with Gasteiger partial charge in [0.2, 0.25) is 15.9 Å². The average Bonchev–Trinajstić information content (AvgIpc) is 2.80. The second-order valence-corrected chi connectivity index (χ2v) is 8.54. The van der Waals surface area contributed by atoms with Crippen molar-refractivity contribution in [1.29, 1.82) is 0 Å². The van der Waals surface area contributed by atoms with Crippen molar-refractivity contribution in [3.05, 3.63) is 30.3 Å². The van der Waals surface area contributed by atoms with Crippen molar-refractivity contribution in [2.45, 2.75) is 18.2 Å². The molecule has 0 saturated carbocycles. The van der Waals surface area contributed by atoms with Crippen LogP contribution in [-0.2, 0) is 14.8 Å². The van der Waals surface area contributed by atoms with Crippen molar-refractivity contribution in [2.24, 2.45) is 11.8 Å². The minimum absolute atomic E-state index is 0.00327. The number of nitrogens with one attached hydrogen (secondary N) is 1. The van der Waals surface area contributed by atoms with E-state index in [0.29, 0.717) is 43.4 Å². The third-order valence-electron chi connectivity index (χ3n) is 5.06. The van der Waals surface area contributed by atoms with Gasteiger partial charge in [-0.3, -0.25) is 4.79 Å². The van der Waals surface area contributed by atoms with Crippen molar-refractivity contribution < 1.29 is 13.2 Å². The number of carbonyl (C=O) groups is 1. The molecule has 1 aromatic carbocycles. The van der Waals surface area contributed by atoms with Crippen LogP contribution < -0.4 is 5.32 Å². The minimum atomic E-state index is -3.48. The number of nitrogens with zero attached hydrogens (tertiary/aromatic N) is 2. The van der Waals surface area contributed by atoms with Crippen molar-refractivity contribution in [2.75, 3.05) is 39.3 Å². The van der Waals surface area contributed by atoms with Gasteiger partial charge in [-0.15, -0.1) is 0 Å². The Bertz CT molecular complexity index is 674. The fraction of sp³-hybridized carbons (Fsp3) is 0.588. The summed E-state index contributed by atoms with van der Waals surface area (Å²) in [4.78, 5) is 14.8. The van der Waals surface area contributed by atoms with Crippen LogP contribution in [0.25, 0.3) is 0 Å². The van der Waals surface area contributed by atoms with Gasteiger partial charge in [-0.25, -0.2) is 8.42 Å². The van der Waals surface area contributed by atoms with E-state index in [0.717, 1.165) is 13.1 Å². The van der Waals surface area contributed by atoms with Gasteiger partial charge in [0.05, 0.1) is 4.90 Å². The number of amides is 1. The van der Waals surface area contributed by atoms with E-state index in [2.05, 4.69) is 5.32 Å². The van der Waals surface area contributed by atoms with Crippen LogP contribution in [0.2, 0.25) is 0 Å². The monoisotopic (exact) mass is 351 g/mol. The summed E-state index contributed by atoms with van der Waals surface area (Å²) in [6.45, 7) is 5.69. The second-order valence-electron chi connectivity index (χ2n) is 6.60. The summed E-state index contributed by atoms with van der Waals surface area (Å²) < 4.78 is 27.0. The molecule has 24 heavy (non-hydrogen) atoms. The highest BCUT2D eigenvalue weighted by atomic mass is 32.2. The Labute approximate surface area is 143 Å². The first-order chi connectivity index (χ1) is 11.5. The lowest BCUT2D eigenvalue weighted by molar-refractivity contribution is -0.137. The molecule has 7 heteroatoms. The van der Waals surface area contributed by atoms with Gasteiger partial charge in [0, 0.05) is 32.1 Å². The second kappa shape index (κ2) is 7.21. The Morgan fingerprint density at radius 1 is 1.12 bits per heavy atom. The largest absolute Gasteiger partial charge is 0.341 e. The molecule has 1 unspecified atom stereocenters. The van der Waals surface area contributed by atoms with Gasteiger partial charge in [0.25, 0.3) is 0 Å². The van der Waals surface area contributed by atoms with Gasteiger partial charge in [0.1, 0.15) is 0 Å². The number of sulfonamides is 1. The zero-order chi connectivity index (χ0) is 17.2. The van der Waals surface area contributed by atoms with Crippen LogP contribution in [0, 0.1) is 11.8 Å². The maximum Gasteiger partial charge on any atom is 0.243 e. The molecule has 3 rings (SSSR count). The van der Waals surface area contributed by atoms with Crippen molar-refractivity contribution in [3.63, 3.8) is 0 Å². The van der Waals surface area contributed by atoms with E-state index in [1.807, 2.05) is 11.8 Å². The molecule has 2 heterocycles. The summed E-state index contributed by atoms with van der Waals surface area (Å²) in [5, 5.41) is 3.20. The summed E-state index contributed by atoms with van der Waals surface area (Å²) in [7, 11) is -3.48. The van der Waals surface area contributed by atoms with Crippen molar-refractivity contribution >= 4 is 15.9 Å². The van der Waals surface area contributed by atoms with Crippen LogP contribution in [0.15, 0.2) is 35.2 Å². The molecule has 0 aromatic heterocycles. The van der Waals surface area contributed by atoms with Crippen LogP contribution in [0.4, 0.5) is 0 Å². The summed E-state index contributed by atoms with van der Waals surface area (Å²) >= 11 is 0. The van der Waals surface area contributed by atoms with E-state index in [-0.39, 0.29) is 11.8 Å². The summed E-state index contributed by atoms with van der Waals surface area (Å²) in [6, 6.07) is 8.51. The molecule has 2 fully saturated rings. The predicted octanol–water partition coefficient (Wildman–Crippen LogP) is 0.765. The Balaban J connectivity index is 1.65. The topological polar surface area (TPSA) is 69.7 Å². The van der Waals surface area contributed by atoms with E-state index in [4.69, 9.17) is 0 Å². The Hall–Kier alpha value is -1.44. The molecule has 0 bridgehead atoms. The SMILES string of the molecule is CC(C(=O)N1CCCN(S(=O)(=O)c2ccccc2)CC1)C1CNC1. The van der Waals surface area contributed by atoms with Gasteiger partial charge in [-0.2, -0.15) is 4.31 Å². The number of rotatable bonds is 4. The molecular weight excluding hydrogens is 326 g/mol. The quantitative estimate of drug-likeness (QED) is 0.870. The molecule has 2 saturated heterocycles. The standard InChI is InChI=1S/C17H25N3O3S/c1-14(15-12-18-13-15)17(21)19-8-5-9-20(11-10-19)24(22,23)16-6-3-2-4-7-16/h2-4,6-7,14-15,18H,5,8-13H2,1H3. The Morgan fingerprint density at radius 2 is 1.83 bits per heavy atom. The molecule has 0 radical (unpaired) electrons. The molecule has 0 aliphatic carbocycles. The molecule has 132 valence electrons. The number of carbonyl (C=O) groups excluding carboxylic acids is 1. The van der Waals surface area contributed by atoms with Crippen LogP contribution in [0.5, 0.6) is 0 Å². The lowest BCUT2D eigenvalue weighted by atomic mass is 9.88. The fourth-order valence-corrected chi connectivity index (χ4v) is 4.74. The lowest BCUT2D eigenvalue weighted by Gasteiger charge is -2.34. The van der Waals surface area contributed by atoms with Crippen LogP contribution >= 0.6 is 0 Å². The van der Waals surface area contributed by atoms with Crippen LogP contribution in [-0.4, -0.2) is 62.8 Å². The van der Waals surface area contributed by atoms with Gasteiger partial charge < -0.3 is 10.2 Å². The van der Waals surface area contributed by atoms with Gasteiger partial charge in [-0.1, -0.05) is 25.1 Å². The van der Waals surface area contributed by atoms with E-state index >= 15 is 0 Å².